The number of amides is 3. The molecule has 44 heavy (non-hydrogen) atoms. The zero-order valence-electron chi connectivity index (χ0n) is 22.7. The summed E-state index contributed by atoms with van der Waals surface area (Å²) in [6.45, 7) is 2.99. The molecule has 1 aromatic carbocycles. The molecule has 0 spiro atoms. The summed E-state index contributed by atoms with van der Waals surface area (Å²) in [5.41, 5.74) is -2.06. The van der Waals surface area contributed by atoms with Crippen LogP contribution in [0.25, 0.3) is 0 Å². The molecule has 2 atom stereocenters. The first-order valence-electron chi connectivity index (χ1n) is 12.3. The summed E-state index contributed by atoms with van der Waals surface area (Å²) < 4.78 is 93.8. The number of imide groups is 1. The highest BCUT2D eigenvalue weighted by Crippen LogP contribution is 2.47. The molecule has 20 heteroatoms. The third kappa shape index (κ3) is 6.82. The van der Waals surface area contributed by atoms with Crippen molar-refractivity contribution in [3.8, 4) is 5.75 Å². The maximum atomic E-state index is 14.4. The van der Waals surface area contributed by atoms with Crippen molar-refractivity contribution in [2.45, 2.75) is 37.6 Å². The molecule has 2 unspecified atom stereocenters. The Labute approximate surface area is 249 Å². The number of pyridine rings is 2. The van der Waals surface area contributed by atoms with Gasteiger partial charge < -0.3 is 10.1 Å². The number of anilines is 3. The molecule has 4 rings (SSSR count). The van der Waals surface area contributed by atoms with E-state index in [0.29, 0.717) is 4.90 Å². The summed E-state index contributed by atoms with van der Waals surface area (Å²) in [6.07, 6.45) is -0.113. The molecule has 2 aromatic heterocycles. The van der Waals surface area contributed by atoms with Crippen LogP contribution in [0.1, 0.15) is 36.8 Å². The number of rotatable bonds is 10. The number of nitrogens with one attached hydrogen (secondary N) is 3. The van der Waals surface area contributed by atoms with Gasteiger partial charge >= 0.3 is 12.4 Å². The molecule has 236 valence electrons. The average molecular weight is 659 g/mol. The van der Waals surface area contributed by atoms with Crippen molar-refractivity contribution in [1.82, 2.24) is 15.3 Å². The van der Waals surface area contributed by atoms with Crippen molar-refractivity contribution in [3.63, 3.8) is 0 Å². The van der Waals surface area contributed by atoms with E-state index in [-0.39, 0.29) is 28.2 Å². The smallest absolute Gasteiger partial charge is 0.406 e. The molecule has 3 amide bonds. The van der Waals surface area contributed by atoms with Gasteiger partial charge in [0.05, 0.1) is 29.5 Å². The van der Waals surface area contributed by atoms with Gasteiger partial charge in [0, 0.05) is 24.2 Å². The van der Waals surface area contributed by atoms with E-state index in [0.717, 1.165) is 36.7 Å². The zero-order valence-corrected chi connectivity index (χ0v) is 24.4. The van der Waals surface area contributed by atoms with Gasteiger partial charge in [0.1, 0.15) is 11.3 Å². The second-order valence-corrected chi connectivity index (χ2v) is 12.2. The molecule has 1 aliphatic rings. The molecular weight excluding hydrogens is 633 g/mol. The van der Waals surface area contributed by atoms with Crippen molar-refractivity contribution < 1.29 is 44.3 Å². The maximum Gasteiger partial charge on any atom is 0.573 e. The van der Waals surface area contributed by atoms with Gasteiger partial charge in [-0.2, -0.15) is 16.8 Å². The number of aromatic nitrogens is 2. The minimum Gasteiger partial charge on any atom is -0.406 e. The fourth-order valence-corrected chi connectivity index (χ4v) is 6.04. The van der Waals surface area contributed by atoms with Crippen LogP contribution in [-0.2, 0) is 25.2 Å². The van der Waals surface area contributed by atoms with Crippen LogP contribution >= 0.6 is 0 Å². The minimum atomic E-state index is -4.98. The number of carbonyl (C=O) groups is 2. The molecule has 0 saturated carbocycles. The van der Waals surface area contributed by atoms with Gasteiger partial charge in [0.15, 0.2) is 0 Å². The van der Waals surface area contributed by atoms with Gasteiger partial charge in [0.25, 0.3) is 26.3 Å². The highest BCUT2D eigenvalue weighted by atomic mass is 32.2. The Morgan fingerprint density at radius 2 is 1.32 bits per heavy atom. The van der Waals surface area contributed by atoms with E-state index in [1.807, 2.05) is 0 Å². The Balaban J connectivity index is 1.89. The lowest BCUT2D eigenvalue weighted by atomic mass is 9.69. The van der Waals surface area contributed by atoms with Gasteiger partial charge in [0.2, 0.25) is 0 Å². The van der Waals surface area contributed by atoms with E-state index in [9.17, 15) is 39.6 Å². The zero-order chi connectivity index (χ0) is 32.7. The first kappa shape index (κ1) is 32.4. The topological polar surface area (TPSA) is 229 Å². The number of alkyl halides is 3. The molecule has 1 fully saturated rings. The third-order valence-corrected chi connectivity index (χ3v) is 7.92. The van der Waals surface area contributed by atoms with E-state index < -0.39 is 61.8 Å². The third-order valence-electron chi connectivity index (χ3n) is 6.92. The summed E-state index contributed by atoms with van der Waals surface area (Å²) >= 11 is 0. The van der Waals surface area contributed by atoms with Gasteiger partial charge in [-0.25, -0.2) is 20.0 Å². The van der Waals surface area contributed by atoms with Crippen LogP contribution in [0.2, 0.25) is 0 Å². The molecule has 0 aliphatic carbocycles. The van der Waals surface area contributed by atoms with Crippen molar-refractivity contribution in [2.75, 3.05) is 14.3 Å². The molecule has 15 nitrogen and oxygen atoms in total. The number of nitrogens with two attached hydrogens (primary N) is 2. The van der Waals surface area contributed by atoms with E-state index in [1.165, 1.54) is 38.4 Å². The van der Waals surface area contributed by atoms with E-state index >= 15 is 0 Å². The highest BCUT2D eigenvalue weighted by Gasteiger charge is 2.59. The number of benzene rings is 1. The van der Waals surface area contributed by atoms with Crippen LogP contribution in [0.3, 0.4) is 0 Å². The average Bonchev–Trinajstić information content (AvgIpc) is 3.17. The van der Waals surface area contributed by atoms with Crippen LogP contribution in [0.15, 0.2) is 61.2 Å². The highest BCUT2D eigenvalue weighted by molar-refractivity contribution is 7.90. The Hall–Kier alpha value is -4.53. The van der Waals surface area contributed by atoms with E-state index in [1.54, 1.807) is 0 Å². The number of hydrogen-bond donors (Lipinski definition) is 5. The van der Waals surface area contributed by atoms with Gasteiger partial charge in [-0.3, -0.25) is 24.2 Å². The summed E-state index contributed by atoms with van der Waals surface area (Å²) in [5.74, 6) is -3.72. The van der Waals surface area contributed by atoms with E-state index in [4.69, 9.17) is 10.3 Å². The number of hydrogen-bond acceptors (Lipinski definition) is 9. The molecule has 7 N–H and O–H groups in total. The van der Waals surface area contributed by atoms with Crippen molar-refractivity contribution in [1.29, 1.82) is 0 Å². The van der Waals surface area contributed by atoms with Crippen LogP contribution in [0, 0.1) is 0 Å². The minimum absolute atomic E-state index is 0.124. The quantitative estimate of drug-likeness (QED) is 0.200. The fourth-order valence-electron chi connectivity index (χ4n) is 5.09. The van der Waals surface area contributed by atoms with Crippen LogP contribution in [0.5, 0.6) is 5.75 Å². The first-order chi connectivity index (χ1) is 20.3. The van der Waals surface area contributed by atoms with Gasteiger partial charge in [-0.15, -0.1) is 13.2 Å². The number of halogens is 3. The second-order valence-electron chi connectivity index (χ2n) is 9.64. The molecule has 0 radical (unpaired) electrons. The number of urea groups is 1. The summed E-state index contributed by atoms with van der Waals surface area (Å²) in [7, 11) is -8.67. The van der Waals surface area contributed by atoms with Gasteiger partial charge in [-0.1, -0.05) is 13.8 Å². The fraction of sp³-hybridized carbons (Fsp3) is 0.250. The lowest BCUT2D eigenvalue weighted by Crippen LogP contribution is -2.55. The van der Waals surface area contributed by atoms with Crippen molar-refractivity contribution >= 4 is 49.4 Å². The second kappa shape index (κ2) is 11.5. The lowest BCUT2D eigenvalue weighted by molar-refractivity contribution is -0.274. The summed E-state index contributed by atoms with van der Waals surface area (Å²) in [6, 6.07) is 5.72. The summed E-state index contributed by atoms with van der Waals surface area (Å²) in [5, 5.41) is 13.0. The molecule has 1 aliphatic heterocycles. The van der Waals surface area contributed by atoms with Crippen LogP contribution in [0.4, 0.5) is 35.0 Å². The molecule has 1 saturated heterocycles. The molecule has 3 heterocycles. The largest absolute Gasteiger partial charge is 0.573 e. The monoisotopic (exact) mass is 658 g/mol. The predicted octanol–water partition coefficient (Wildman–Crippen LogP) is 2.01. The molecule has 0 bridgehead atoms. The predicted molar refractivity (Wildman–Crippen MR) is 151 cm³/mol. The maximum absolute atomic E-state index is 14.4. The Morgan fingerprint density at radius 3 is 1.73 bits per heavy atom. The molecule has 3 aromatic rings. The van der Waals surface area contributed by atoms with Crippen LogP contribution in [-0.4, -0.2) is 50.6 Å². The normalized spacial score (nSPS) is 18.8. The standard InChI is InChI=1S/C24H25F3N8O7S2/c1-13(17-7-9-30-11-19(17)33-43(28,38)39)23(14(2)18-8-10-31-12-20(18)34-44(29,40)41)21(36)35(22(37)32-23)15-3-5-16(6-4-15)42-24(25,26)27/h3-14,33-34H,1-2H3,(H,32,37)(H2,28,38,39)(H2,29,40,41). The van der Waals surface area contributed by atoms with E-state index in [2.05, 4.69) is 29.5 Å². The Morgan fingerprint density at radius 1 is 0.864 bits per heavy atom. The van der Waals surface area contributed by atoms with Crippen molar-refractivity contribution in [3.05, 3.63) is 72.3 Å². The molecular formula is C24H25F3N8O7S2. The van der Waals surface area contributed by atoms with Crippen LogP contribution < -0.4 is 34.7 Å². The SMILES string of the molecule is CC(c1ccncc1NS(N)(=O)=O)C1(C(C)c2ccncc2NS(N)(=O)=O)NC(=O)N(c2ccc(OC(F)(F)F)cc2)C1=O. The number of nitrogens with zero attached hydrogens (tertiary/aromatic N) is 3. The number of ether oxygens (including phenoxy) is 1. The van der Waals surface area contributed by atoms with Gasteiger partial charge in [-0.05, 0) is 47.5 Å². The number of carbonyl (C=O) groups excluding carboxylic acids is 2. The summed E-state index contributed by atoms with van der Waals surface area (Å²) in [4.78, 5) is 36.4. The lowest BCUT2D eigenvalue weighted by Gasteiger charge is -2.39. The van der Waals surface area contributed by atoms with Crippen molar-refractivity contribution in [2.24, 2.45) is 10.3 Å². The Bertz CT molecular complexity index is 1720. The first-order valence-corrected chi connectivity index (χ1v) is 15.4. The Kier molecular flexibility index (Phi) is 8.48.